The molecule has 0 spiro atoms. The molecule has 1 amide bonds. The zero-order valence-electron chi connectivity index (χ0n) is 19.1. The van der Waals surface area contributed by atoms with E-state index in [4.69, 9.17) is 0 Å². The first-order chi connectivity index (χ1) is 17.5. The highest BCUT2D eigenvalue weighted by Crippen LogP contribution is 2.34. The van der Waals surface area contributed by atoms with E-state index < -0.39 is 29.5 Å². The van der Waals surface area contributed by atoms with Gasteiger partial charge in [-0.2, -0.15) is 31.4 Å². The summed E-state index contributed by atoms with van der Waals surface area (Å²) in [6.07, 6.45) is -9.14. The van der Waals surface area contributed by atoms with Crippen LogP contribution in [0, 0.1) is 0 Å². The summed E-state index contributed by atoms with van der Waals surface area (Å²) in [5, 5.41) is 5.65. The van der Waals surface area contributed by atoms with Crippen molar-refractivity contribution in [3.63, 3.8) is 0 Å². The number of nitrogens with zero attached hydrogens (tertiary/aromatic N) is 5. The number of rotatable bonds is 4. The Morgan fingerprint density at radius 2 is 1.68 bits per heavy atom. The van der Waals surface area contributed by atoms with Gasteiger partial charge in [0.1, 0.15) is 0 Å². The van der Waals surface area contributed by atoms with Crippen molar-refractivity contribution in [3.8, 4) is 10.6 Å². The van der Waals surface area contributed by atoms with Crippen molar-refractivity contribution in [1.82, 2.24) is 24.4 Å². The van der Waals surface area contributed by atoms with Gasteiger partial charge in [0.15, 0.2) is 17.0 Å². The summed E-state index contributed by atoms with van der Waals surface area (Å²) in [5.74, 6) is -0.532. The number of carbonyl (C=O) groups is 1. The van der Waals surface area contributed by atoms with Crippen LogP contribution in [0.15, 0.2) is 53.9 Å². The van der Waals surface area contributed by atoms with Crippen molar-refractivity contribution in [3.05, 3.63) is 76.4 Å². The number of amides is 1. The molecule has 194 valence electrons. The Labute approximate surface area is 210 Å². The second-order valence-corrected chi connectivity index (χ2v) is 9.52. The first-order valence-corrected chi connectivity index (χ1v) is 12.1. The topological polar surface area (TPSA) is 53.7 Å². The Balaban J connectivity index is 1.32. The summed E-state index contributed by atoms with van der Waals surface area (Å²) >= 11 is 1.25. The van der Waals surface area contributed by atoms with Crippen LogP contribution >= 0.6 is 11.3 Å². The normalized spacial score (nSPS) is 15.5. The van der Waals surface area contributed by atoms with Crippen molar-refractivity contribution < 1.29 is 31.1 Å². The molecule has 0 aliphatic carbocycles. The monoisotopic (exact) mass is 539 g/mol. The molecule has 13 heteroatoms. The molecule has 0 N–H and O–H groups in total. The van der Waals surface area contributed by atoms with E-state index in [0.717, 1.165) is 18.2 Å². The number of fused-ring (bicyclic) bond motifs is 1. The van der Waals surface area contributed by atoms with Gasteiger partial charge in [-0.1, -0.05) is 24.3 Å². The molecule has 1 saturated heterocycles. The Morgan fingerprint density at radius 3 is 2.32 bits per heavy atom. The molecule has 0 saturated carbocycles. The summed E-state index contributed by atoms with van der Waals surface area (Å²) in [5.41, 5.74) is -1.37. The Hall–Kier alpha value is -3.45. The van der Waals surface area contributed by atoms with Gasteiger partial charge in [-0.25, -0.2) is 9.50 Å². The van der Waals surface area contributed by atoms with E-state index in [1.54, 1.807) is 23.6 Å². The highest BCUT2D eigenvalue weighted by atomic mass is 32.1. The lowest BCUT2D eigenvalue weighted by Gasteiger charge is -2.34. The van der Waals surface area contributed by atoms with Crippen LogP contribution in [0.25, 0.3) is 16.2 Å². The van der Waals surface area contributed by atoms with Crippen LogP contribution in [0.5, 0.6) is 0 Å². The summed E-state index contributed by atoms with van der Waals surface area (Å²) < 4.78 is 80.9. The maximum Gasteiger partial charge on any atom is 0.433 e. The van der Waals surface area contributed by atoms with E-state index >= 15 is 0 Å². The Kier molecular flexibility index (Phi) is 6.44. The highest BCUT2D eigenvalue weighted by molar-refractivity contribution is 7.13. The number of thiophene rings is 1. The molecule has 0 bridgehead atoms. The van der Waals surface area contributed by atoms with Crippen LogP contribution in [0.1, 0.15) is 27.3 Å². The molecule has 3 aromatic heterocycles. The van der Waals surface area contributed by atoms with Crippen LogP contribution in [0.4, 0.5) is 26.3 Å². The maximum absolute atomic E-state index is 13.8. The molecule has 0 atom stereocenters. The molecule has 37 heavy (non-hydrogen) atoms. The lowest BCUT2D eigenvalue weighted by atomic mass is 10.1. The SMILES string of the molecule is O=C(c1cc2nc(-c3cccs3)cc(C(F)(F)F)n2n1)N1CCN(Cc2cccc(C(F)(F)F)c2)CC1. The number of alkyl halides is 6. The summed E-state index contributed by atoms with van der Waals surface area (Å²) in [4.78, 5) is 21.3. The highest BCUT2D eigenvalue weighted by Gasteiger charge is 2.36. The molecule has 4 aromatic rings. The summed E-state index contributed by atoms with van der Waals surface area (Å²) in [6.45, 7) is 1.58. The minimum absolute atomic E-state index is 0.0928. The fraction of sp³-hybridized carbons (Fsp3) is 0.292. The predicted molar refractivity (Wildman–Crippen MR) is 124 cm³/mol. The van der Waals surface area contributed by atoms with Crippen LogP contribution in [0.3, 0.4) is 0 Å². The molecule has 6 nitrogen and oxygen atoms in total. The fourth-order valence-electron chi connectivity index (χ4n) is 4.21. The van der Waals surface area contributed by atoms with Crippen molar-refractivity contribution in [2.24, 2.45) is 0 Å². The van der Waals surface area contributed by atoms with E-state index in [2.05, 4.69) is 10.1 Å². The van der Waals surface area contributed by atoms with Crippen LogP contribution in [-0.2, 0) is 18.9 Å². The fourth-order valence-corrected chi connectivity index (χ4v) is 4.89. The van der Waals surface area contributed by atoms with E-state index in [0.29, 0.717) is 28.0 Å². The third-order valence-electron chi connectivity index (χ3n) is 6.03. The minimum atomic E-state index is -4.71. The average molecular weight is 540 g/mol. The van der Waals surface area contributed by atoms with Gasteiger partial charge in [0, 0.05) is 38.8 Å². The zero-order chi connectivity index (χ0) is 26.4. The van der Waals surface area contributed by atoms with Gasteiger partial charge in [0.2, 0.25) is 0 Å². The van der Waals surface area contributed by atoms with E-state index in [9.17, 15) is 31.1 Å². The number of piperazine rings is 1. The molecular weight excluding hydrogens is 520 g/mol. The molecule has 1 aliphatic heterocycles. The third kappa shape index (κ3) is 5.32. The first kappa shape index (κ1) is 25.2. The van der Waals surface area contributed by atoms with Gasteiger partial charge >= 0.3 is 12.4 Å². The molecule has 5 rings (SSSR count). The number of hydrogen-bond acceptors (Lipinski definition) is 5. The van der Waals surface area contributed by atoms with Crippen LogP contribution in [0.2, 0.25) is 0 Å². The third-order valence-corrected chi connectivity index (χ3v) is 6.92. The van der Waals surface area contributed by atoms with Crippen molar-refractivity contribution in [2.45, 2.75) is 18.9 Å². The van der Waals surface area contributed by atoms with Gasteiger partial charge in [-0.05, 0) is 29.1 Å². The summed E-state index contributed by atoms with van der Waals surface area (Å²) in [7, 11) is 0. The summed E-state index contributed by atoms with van der Waals surface area (Å²) in [6, 6.07) is 10.6. The number of hydrogen-bond donors (Lipinski definition) is 0. The van der Waals surface area contributed by atoms with Crippen molar-refractivity contribution in [2.75, 3.05) is 26.2 Å². The molecule has 1 aliphatic rings. The second kappa shape index (κ2) is 9.45. The predicted octanol–water partition coefficient (Wildman–Crippen LogP) is 5.45. The molecule has 1 fully saturated rings. The van der Waals surface area contributed by atoms with Crippen LogP contribution < -0.4 is 0 Å². The lowest BCUT2D eigenvalue weighted by molar-refractivity contribution is -0.142. The Morgan fingerprint density at radius 1 is 0.919 bits per heavy atom. The van der Waals surface area contributed by atoms with Gasteiger partial charge in [0.05, 0.1) is 16.1 Å². The number of halogens is 6. The molecule has 1 aromatic carbocycles. The number of benzene rings is 1. The first-order valence-electron chi connectivity index (χ1n) is 11.2. The van der Waals surface area contributed by atoms with E-state index in [1.807, 2.05) is 4.90 Å². The molecule has 4 heterocycles. The number of carbonyl (C=O) groups excluding carboxylic acids is 1. The average Bonchev–Trinajstić information content (AvgIpc) is 3.53. The largest absolute Gasteiger partial charge is 0.433 e. The Bertz CT molecular complexity index is 1420. The molecular formula is C24H19F6N5OS. The maximum atomic E-state index is 13.8. The van der Waals surface area contributed by atoms with Crippen molar-refractivity contribution in [1.29, 1.82) is 0 Å². The molecule has 0 unspecified atom stereocenters. The van der Waals surface area contributed by atoms with E-state index in [1.165, 1.54) is 28.4 Å². The van der Waals surface area contributed by atoms with Crippen LogP contribution in [-0.4, -0.2) is 56.5 Å². The zero-order valence-corrected chi connectivity index (χ0v) is 19.9. The smallest absolute Gasteiger partial charge is 0.335 e. The quantitative estimate of drug-likeness (QED) is 0.324. The standard InChI is InChI=1S/C24H19F6N5OS/c25-23(26,27)16-4-1-3-15(11-16)14-33-6-8-34(9-7-33)22(36)18-13-21-31-17(19-5-2-10-37-19)12-20(24(28,29)30)35(21)32-18/h1-5,10-13H,6-9,14H2. The van der Waals surface area contributed by atoms with Gasteiger partial charge < -0.3 is 4.90 Å². The van der Waals surface area contributed by atoms with Crippen molar-refractivity contribution >= 4 is 22.9 Å². The van der Waals surface area contributed by atoms with Gasteiger partial charge in [0.25, 0.3) is 5.91 Å². The lowest BCUT2D eigenvalue weighted by Crippen LogP contribution is -2.48. The van der Waals surface area contributed by atoms with Gasteiger partial charge in [-0.3, -0.25) is 9.69 Å². The van der Waals surface area contributed by atoms with E-state index in [-0.39, 0.29) is 36.7 Å². The number of aromatic nitrogens is 3. The second-order valence-electron chi connectivity index (χ2n) is 8.57. The van der Waals surface area contributed by atoms with Gasteiger partial charge in [-0.15, -0.1) is 11.3 Å². The minimum Gasteiger partial charge on any atom is -0.335 e. The molecule has 0 radical (unpaired) electrons.